The first-order valence-electron chi connectivity index (χ1n) is 12.6. The normalized spacial score (nSPS) is 14.5. The van der Waals surface area contributed by atoms with Crippen LogP contribution in [0, 0.1) is 22.6 Å². The molecule has 1 aromatic heterocycles. The van der Waals surface area contributed by atoms with Gasteiger partial charge in [-0.15, -0.1) is 0 Å². The molecule has 0 bridgehead atoms. The number of carbonyl (C=O) groups excluding carboxylic acids is 2. The van der Waals surface area contributed by atoms with E-state index in [0.717, 1.165) is 6.07 Å². The molecule has 0 spiro atoms. The average molecular weight is 555 g/mol. The Bertz CT molecular complexity index is 1550. The fraction of sp³-hybridized carbons (Fsp3) is 0.407. The van der Waals surface area contributed by atoms with Crippen LogP contribution >= 0.6 is 0 Å². The summed E-state index contributed by atoms with van der Waals surface area (Å²) >= 11 is 0. The highest BCUT2D eigenvalue weighted by molar-refractivity contribution is 7.90. The molecule has 0 unspecified atom stereocenters. The summed E-state index contributed by atoms with van der Waals surface area (Å²) in [7, 11) is -3.36. The van der Waals surface area contributed by atoms with Crippen molar-refractivity contribution < 1.29 is 22.4 Å². The number of carbonyl (C=O) groups is 2. The Labute approximate surface area is 226 Å². The Kier molecular flexibility index (Phi) is 8.04. The summed E-state index contributed by atoms with van der Waals surface area (Å²) in [6, 6.07) is 12.1. The van der Waals surface area contributed by atoms with Gasteiger partial charge in [0.1, 0.15) is 11.9 Å². The summed E-state index contributed by atoms with van der Waals surface area (Å²) in [4.78, 5) is 26.4. The summed E-state index contributed by atoms with van der Waals surface area (Å²) in [6.07, 6.45) is 1.29. The average Bonchev–Trinajstić information content (AvgIpc) is 3.69. The number of para-hydroxylation sites is 1. The van der Waals surface area contributed by atoms with Gasteiger partial charge in [0.15, 0.2) is 5.69 Å². The number of fused-ring (bicyclic) bond motifs is 1. The van der Waals surface area contributed by atoms with E-state index in [1.807, 2.05) is 6.07 Å². The molecule has 12 heteroatoms. The quantitative estimate of drug-likeness (QED) is 0.328. The largest absolute Gasteiger partial charge is 0.353 e. The van der Waals surface area contributed by atoms with Crippen LogP contribution in [0.3, 0.4) is 0 Å². The molecule has 1 fully saturated rings. The van der Waals surface area contributed by atoms with Gasteiger partial charge in [-0.2, -0.15) is 10.4 Å². The van der Waals surface area contributed by atoms with Crippen LogP contribution in [0.4, 0.5) is 4.39 Å². The molecule has 0 radical (unpaired) electrons. The molecule has 1 aliphatic carbocycles. The van der Waals surface area contributed by atoms with Gasteiger partial charge >= 0.3 is 0 Å². The zero-order valence-electron chi connectivity index (χ0n) is 22.0. The molecular formula is C27H31FN6O4S. The summed E-state index contributed by atoms with van der Waals surface area (Å²) in [6.45, 7) is 5.57. The number of rotatable bonds is 10. The molecule has 2 amide bonds. The summed E-state index contributed by atoms with van der Waals surface area (Å²) < 4.78 is 42.5. The summed E-state index contributed by atoms with van der Waals surface area (Å²) in [5, 5.41) is 19.1. The third-order valence-electron chi connectivity index (χ3n) is 6.47. The van der Waals surface area contributed by atoms with Gasteiger partial charge in [-0.25, -0.2) is 17.5 Å². The van der Waals surface area contributed by atoms with Crippen molar-refractivity contribution in [2.24, 2.45) is 5.41 Å². The van der Waals surface area contributed by atoms with E-state index in [1.165, 1.54) is 16.8 Å². The lowest BCUT2D eigenvalue weighted by molar-refractivity contribution is -0.125. The van der Waals surface area contributed by atoms with Crippen molar-refractivity contribution in [3.63, 3.8) is 0 Å². The Morgan fingerprint density at radius 1 is 1.18 bits per heavy atom. The lowest BCUT2D eigenvalue weighted by Gasteiger charge is -2.30. The van der Waals surface area contributed by atoms with E-state index in [-0.39, 0.29) is 36.1 Å². The lowest BCUT2D eigenvalue weighted by atomic mass is 9.86. The molecule has 0 aliphatic heterocycles. The summed E-state index contributed by atoms with van der Waals surface area (Å²) in [5.41, 5.74) is 0.522. The van der Waals surface area contributed by atoms with Gasteiger partial charge in [0.2, 0.25) is 15.9 Å². The van der Waals surface area contributed by atoms with E-state index < -0.39 is 39.1 Å². The first-order valence-corrected chi connectivity index (χ1v) is 14.2. The molecular weight excluding hydrogens is 523 g/mol. The predicted octanol–water partition coefficient (Wildman–Crippen LogP) is 2.44. The molecule has 4 rings (SSSR count). The first kappa shape index (κ1) is 28.2. The minimum atomic E-state index is -3.36. The van der Waals surface area contributed by atoms with Crippen molar-refractivity contribution in [2.75, 3.05) is 13.1 Å². The smallest absolute Gasteiger partial charge is 0.273 e. The van der Waals surface area contributed by atoms with Gasteiger partial charge in [-0.1, -0.05) is 45.0 Å². The van der Waals surface area contributed by atoms with Crippen molar-refractivity contribution in [3.8, 4) is 6.07 Å². The Morgan fingerprint density at radius 3 is 2.54 bits per heavy atom. The van der Waals surface area contributed by atoms with Crippen LogP contribution in [-0.4, -0.2) is 54.4 Å². The van der Waals surface area contributed by atoms with Crippen LogP contribution in [-0.2, 0) is 21.4 Å². The van der Waals surface area contributed by atoms with Gasteiger partial charge in [0.05, 0.1) is 28.9 Å². The Balaban J connectivity index is 1.50. The molecule has 0 saturated heterocycles. The minimum absolute atomic E-state index is 0.0330. The number of sulfonamides is 1. The van der Waals surface area contributed by atoms with Crippen molar-refractivity contribution in [1.29, 1.82) is 5.26 Å². The fourth-order valence-electron chi connectivity index (χ4n) is 4.17. The number of amides is 2. The zero-order chi connectivity index (χ0) is 28.4. The monoisotopic (exact) mass is 554 g/mol. The topological polar surface area (TPSA) is 146 Å². The number of aromatic nitrogens is 2. The molecule has 1 atom stereocenters. The van der Waals surface area contributed by atoms with Crippen LogP contribution in [0.2, 0.25) is 0 Å². The van der Waals surface area contributed by atoms with Crippen molar-refractivity contribution in [3.05, 3.63) is 65.1 Å². The highest BCUT2D eigenvalue weighted by atomic mass is 32.2. The molecule has 3 N–H and O–H groups in total. The number of halogens is 1. The zero-order valence-corrected chi connectivity index (χ0v) is 22.8. The van der Waals surface area contributed by atoms with Crippen LogP contribution in [0.5, 0.6) is 0 Å². The van der Waals surface area contributed by atoms with Crippen molar-refractivity contribution in [1.82, 2.24) is 25.1 Å². The van der Waals surface area contributed by atoms with E-state index in [0.29, 0.717) is 29.3 Å². The molecule has 2 aromatic carbocycles. The van der Waals surface area contributed by atoms with Gasteiger partial charge in [-0.05, 0) is 36.5 Å². The summed E-state index contributed by atoms with van der Waals surface area (Å²) in [5.74, 6) is -1.58. The molecule has 206 valence electrons. The second-order valence-electron chi connectivity index (χ2n) is 10.6. The standard InChI is InChI=1S/C27H31FN6O4S/c1-27(2,3)24(26(36)30-12-13-31-39(37,38)19-10-11-19)32-25(35)23-20-6-4-5-7-22(20)34(33-23)16-18-9-8-17(15-29)14-21(18)28/h4-9,14,19,24,31H,10-13,16H2,1-3H3,(H,30,36)(H,32,35)/t24-/m1/s1. The number of benzene rings is 2. The van der Waals surface area contributed by atoms with E-state index >= 15 is 0 Å². The van der Waals surface area contributed by atoms with Gasteiger partial charge < -0.3 is 10.6 Å². The molecule has 39 heavy (non-hydrogen) atoms. The lowest BCUT2D eigenvalue weighted by Crippen LogP contribution is -2.54. The van der Waals surface area contributed by atoms with Crippen LogP contribution in [0.1, 0.15) is 55.2 Å². The second-order valence-corrected chi connectivity index (χ2v) is 12.7. The number of hydrogen-bond donors (Lipinski definition) is 3. The maximum Gasteiger partial charge on any atom is 0.273 e. The first-order chi connectivity index (χ1) is 18.4. The van der Waals surface area contributed by atoms with Gasteiger partial charge in [0.25, 0.3) is 5.91 Å². The SMILES string of the molecule is CC(C)(C)[C@H](NC(=O)c1nn(Cc2ccc(C#N)cc2F)c2ccccc12)C(=O)NCCNS(=O)(=O)C1CC1. The minimum Gasteiger partial charge on any atom is -0.353 e. The van der Waals surface area contributed by atoms with Crippen LogP contribution in [0.25, 0.3) is 10.9 Å². The van der Waals surface area contributed by atoms with E-state index in [1.54, 1.807) is 45.0 Å². The second kappa shape index (κ2) is 11.1. The maximum absolute atomic E-state index is 14.6. The van der Waals surface area contributed by atoms with Crippen LogP contribution < -0.4 is 15.4 Å². The van der Waals surface area contributed by atoms with Crippen LogP contribution in [0.15, 0.2) is 42.5 Å². The maximum atomic E-state index is 14.6. The van der Waals surface area contributed by atoms with Crippen molar-refractivity contribution in [2.45, 2.75) is 51.4 Å². The van der Waals surface area contributed by atoms with Gasteiger partial charge in [-0.3, -0.25) is 14.3 Å². The highest BCUT2D eigenvalue weighted by Crippen LogP contribution is 2.27. The molecule has 1 saturated carbocycles. The number of nitrogens with one attached hydrogen (secondary N) is 3. The Hall–Kier alpha value is -3.82. The molecule has 10 nitrogen and oxygen atoms in total. The molecule has 1 aliphatic rings. The van der Waals surface area contributed by atoms with E-state index in [4.69, 9.17) is 5.26 Å². The van der Waals surface area contributed by atoms with Gasteiger partial charge in [0, 0.05) is 24.0 Å². The number of nitrogens with zero attached hydrogens (tertiary/aromatic N) is 3. The number of nitriles is 1. The predicted molar refractivity (Wildman–Crippen MR) is 144 cm³/mol. The van der Waals surface area contributed by atoms with Crippen molar-refractivity contribution >= 4 is 32.7 Å². The van der Waals surface area contributed by atoms with E-state index in [9.17, 15) is 22.4 Å². The Morgan fingerprint density at radius 2 is 1.90 bits per heavy atom. The van der Waals surface area contributed by atoms with E-state index in [2.05, 4.69) is 20.5 Å². The molecule has 3 aromatic rings. The highest BCUT2D eigenvalue weighted by Gasteiger charge is 2.36. The number of hydrogen-bond acceptors (Lipinski definition) is 6. The fourth-order valence-corrected chi connectivity index (χ4v) is 5.55. The third kappa shape index (κ3) is 6.61. The third-order valence-corrected chi connectivity index (χ3v) is 8.43. The molecule has 1 heterocycles.